The van der Waals surface area contributed by atoms with Gasteiger partial charge >= 0.3 is 5.97 Å². The highest BCUT2D eigenvalue weighted by atomic mass is 35.5. The van der Waals surface area contributed by atoms with E-state index >= 15 is 0 Å². The molecule has 7 nitrogen and oxygen atoms in total. The van der Waals surface area contributed by atoms with Gasteiger partial charge in [-0.25, -0.2) is 13.2 Å². The van der Waals surface area contributed by atoms with Crippen LogP contribution in [-0.2, 0) is 26.1 Å². The summed E-state index contributed by atoms with van der Waals surface area (Å²) in [5.74, 6) is -1.54. The molecule has 3 rings (SSSR count). The molecular formula is C22H25ClN2O5S. The highest BCUT2D eigenvalue weighted by Gasteiger charge is 2.40. The summed E-state index contributed by atoms with van der Waals surface area (Å²) in [5, 5.41) is 0.427. The van der Waals surface area contributed by atoms with E-state index < -0.39 is 33.9 Å². The lowest BCUT2D eigenvalue weighted by atomic mass is 9.84. The van der Waals surface area contributed by atoms with Crippen molar-refractivity contribution < 1.29 is 22.7 Å². The zero-order chi connectivity index (χ0) is 22.6. The molecule has 0 radical (unpaired) electrons. The molecule has 1 aliphatic carbocycles. The van der Waals surface area contributed by atoms with Crippen LogP contribution in [0.4, 0.5) is 0 Å². The summed E-state index contributed by atoms with van der Waals surface area (Å²) in [6.07, 6.45) is 2.73. The predicted molar refractivity (Wildman–Crippen MR) is 117 cm³/mol. The number of amides is 1. The van der Waals surface area contributed by atoms with Crippen LogP contribution in [0, 0.1) is 5.92 Å². The van der Waals surface area contributed by atoms with E-state index in [4.69, 9.17) is 22.1 Å². The number of esters is 1. The average molecular weight is 465 g/mol. The minimum atomic E-state index is -3.94. The highest BCUT2D eigenvalue weighted by molar-refractivity contribution is 7.89. The maximum absolute atomic E-state index is 13.6. The van der Waals surface area contributed by atoms with Gasteiger partial charge in [-0.1, -0.05) is 36.6 Å². The lowest BCUT2D eigenvalue weighted by molar-refractivity contribution is -0.124. The zero-order valence-electron chi connectivity index (χ0n) is 17.2. The van der Waals surface area contributed by atoms with E-state index in [0.29, 0.717) is 29.0 Å². The monoisotopic (exact) mass is 464 g/mol. The van der Waals surface area contributed by atoms with Crippen molar-refractivity contribution in [1.29, 1.82) is 0 Å². The Labute approximate surface area is 187 Å². The number of primary amides is 1. The summed E-state index contributed by atoms with van der Waals surface area (Å²) in [5.41, 5.74) is 6.68. The van der Waals surface area contributed by atoms with Crippen molar-refractivity contribution in [2.45, 2.75) is 43.2 Å². The third kappa shape index (κ3) is 5.26. The fraction of sp³-hybridized carbons (Fsp3) is 0.364. The van der Waals surface area contributed by atoms with Gasteiger partial charge in [-0.05, 0) is 54.8 Å². The third-order valence-corrected chi connectivity index (χ3v) is 7.74. The standard InChI is InChI=1S/C22H25ClN2O5S/c1-30-22(27)16-8-6-15(7-9-16)14-25(20-5-3-2-4-19(20)21(24)26)31(28,29)18-12-10-17(23)11-13-18/h6-13,19-20H,2-5,14H2,1H3,(H2,24,26)/t19-,20+/m0/s1. The highest BCUT2D eigenvalue weighted by Crippen LogP contribution is 2.33. The molecule has 1 fully saturated rings. The number of carbonyl (C=O) groups is 2. The fourth-order valence-corrected chi connectivity index (χ4v) is 5.76. The van der Waals surface area contributed by atoms with Gasteiger partial charge < -0.3 is 10.5 Å². The Kier molecular flexibility index (Phi) is 7.35. The molecule has 1 saturated carbocycles. The second kappa shape index (κ2) is 9.80. The molecule has 0 saturated heterocycles. The lowest BCUT2D eigenvalue weighted by Crippen LogP contribution is -2.49. The van der Waals surface area contributed by atoms with Crippen molar-refractivity contribution in [3.8, 4) is 0 Å². The zero-order valence-corrected chi connectivity index (χ0v) is 18.7. The van der Waals surface area contributed by atoms with Gasteiger partial charge in [0.05, 0.1) is 23.5 Å². The maximum atomic E-state index is 13.6. The molecule has 1 aliphatic rings. The molecule has 1 amide bonds. The Hall–Kier alpha value is -2.42. The Morgan fingerprint density at radius 2 is 1.68 bits per heavy atom. The molecule has 0 aromatic heterocycles. The predicted octanol–water partition coefficient (Wildman–Crippen LogP) is 3.36. The smallest absolute Gasteiger partial charge is 0.337 e. The molecule has 9 heteroatoms. The van der Waals surface area contributed by atoms with Gasteiger partial charge in [0.15, 0.2) is 0 Å². The minimum absolute atomic E-state index is 0.0425. The summed E-state index contributed by atoms with van der Waals surface area (Å²) in [7, 11) is -2.64. The van der Waals surface area contributed by atoms with E-state index in [-0.39, 0.29) is 11.4 Å². The Morgan fingerprint density at radius 1 is 1.06 bits per heavy atom. The van der Waals surface area contributed by atoms with Gasteiger partial charge in [-0.3, -0.25) is 4.79 Å². The van der Waals surface area contributed by atoms with Crippen LogP contribution in [0.3, 0.4) is 0 Å². The number of rotatable bonds is 7. The summed E-state index contributed by atoms with van der Waals surface area (Å²) < 4.78 is 33.3. The van der Waals surface area contributed by atoms with Crippen LogP contribution in [0.15, 0.2) is 53.4 Å². The summed E-state index contributed by atoms with van der Waals surface area (Å²) in [6.45, 7) is 0.0425. The van der Waals surface area contributed by atoms with Crippen molar-refractivity contribution in [1.82, 2.24) is 4.31 Å². The fourth-order valence-electron chi connectivity index (χ4n) is 3.95. The first-order valence-electron chi connectivity index (χ1n) is 9.98. The van der Waals surface area contributed by atoms with E-state index in [2.05, 4.69) is 0 Å². The molecule has 0 aliphatic heterocycles. The van der Waals surface area contributed by atoms with Crippen molar-refractivity contribution in [2.75, 3.05) is 7.11 Å². The van der Waals surface area contributed by atoms with Gasteiger partial charge in [0.1, 0.15) is 0 Å². The summed E-state index contributed by atoms with van der Waals surface area (Å²) >= 11 is 5.93. The van der Waals surface area contributed by atoms with Crippen LogP contribution < -0.4 is 5.73 Å². The SMILES string of the molecule is COC(=O)c1ccc(CN([C@@H]2CCCC[C@@H]2C(N)=O)S(=O)(=O)c2ccc(Cl)cc2)cc1. The molecular weight excluding hydrogens is 440 g/mol. The number of ether oxygens (including phenoxy) is 1. The van der Waals surface area contributed by atoms with Crippen molar-refractivity contribution in [3.05, 3.63) is 64.7 Å². The molecule has 2 atom stereocenters. The van der Waals surface area contributed by atoms with Gasteiger partial charge in [0.2, 0.25) is 15.9 Å². The van der Waals surface area contributed by atoms with E-state index in [1.165, 1.54) is 35.7 Å². The van der Waals surface area contributed by atoms with Gasteiger partial charge in [0, 0.05) is 17.6 Å². The molecule has 2 aromatic rings. The molecule has 31 heavy (non-hydrogen) atoms. The van der Waals surface area contributed by atoms with E-state index in [1.54, 1.807) is 24.3 Å². The molecule has 0 unspecified atom stereocenters. The normalized spacial score (nSPS) is 19.2. The average Bonchev–Trinajstić information content (AvgIpc) is 2.77. The van der Waals surface area contributed by atoms with E-state index in [9.17, 15) is 18.0 Å². The first kappa shape index (κ1) is 23.2. The van der Waals surface area contributed by atoms with Crippen LogP contribution in [0.1, 0.15) is 41.6 Å². The van der Waals surface area contributed by atoms with Crippen LogP contribution in [0.25, 0.3) is 0 Å². The molecule has 2 aromatic carbocycles. The van der Waals surface area contributed by atoms with E-state index in [0.717, 1.165) is 12.8 Å². The van der Waals surface area contributed by atoms with Crippen molar-refractivity contribution >= 4 is 33.5 Å². The lowest BCUT2D eigenvalue weighted by Gasteiger charge is -2.38. The summed E-state index contributed by atoms with van der Waals surface area (Å²) in [4.78, 5) is 23.9. The number of nitrogens with zero attached hydrogens (tertiary/aromatic N) is 1. The van der Waals surface area contributed by atoms with Crippen molar-refractivity contribution in [2.24, 2.45) is 11.7 Å². The maximum Gasteiger partial charge on any atom is 0.337 e. The topological polar surface area (TPSA) is 107 Å². The minimum Gasteiger partial charge on any atom is -0.465 e. The van der Waals surface area contributed by atoms with Gasteiger partial charge in [-0.15, -0.1) is 0 Å². The molecule has 0 heterocycles. The number of hydrogen-bond donors (Lipinski definition) is 1. The molecule has 2 N–H and O–H groups in total. The Morgan fingerprint density at radius 3 is 2.26 bits per heavy atom. The molecule has 166 valence electrons. The number of hydrogen-bond acceptors (Lipinski definition) is 5. The third-order valence-electron chi connectivity index (χ3n) is 5.60. The number of benzene rings is 2. The van der Waals surface area contributed by atoms with Crippen LogP contribution in [-0.4, -0.2) is 37.8 Å². The number of halogens is 1. The molecule has 0 spiro atoms. The van der Waals surface area contributed by atoms with Crippen LogP contribution in [0.2, 0.25) is 5.02 Å². The number of nitrogens with two attached hydrogens (primary N) is 1. The van der Waals surface area contributed by atoms with Crippen LogP contribution >= 0.6 is 11.6 Å². The number of carbonyl (C=O) groups excluding carboxylic acids is 2. The van der Waals surface area contributed by atoms with E-state index in [1.807, 2.05) is 0 Å². The first-order valence-corrected chi connectivity index (χ1v) is 11.8. The van der Waals surface area contributed by atoms with Crippen LogP contribution in [0.5, 0.6) is 0 Å². The Balaban J connectivity index is 2.00. The first-order chi connectivity index (χ1) is 14.7. The number of methoxy groups -OCH3 is 1. The number of sulfonamides is 1. The quantitative estimate of drug-likeness (QED) is 0.632. The Bertz CT molecular complexity index is 1040. The molecule has 0 bridgehead atoms. The second-order valence-corrected chi connectivity index (χ2v) is 9.88. The van der Waals surface area contributed by atoms with Gasteiger partial charge in [0.25, 0.3) is 0 Å². The second-order valence-electron chi connectivity index (χ2n) is 7.55. The van der Waals surface area contributed by atoms with Crippen molar-refractivity contribution in [3.63, 3.8) is 0 Å². The largest absolute Gasteiger partial charge is 0.465 e. The summed E-state index contributed by atoms with van der Waals surface area (Å²) in [6, 6.07) is 11.9. The van der Waals surface area contributed by atoms with Gasteiger partial charge in [-0.2, -0.15) is 4.31 Å².